The maximum atomic E-state index is 13.2. The summed E-state index contributed by atoms with van der Waals surface area (Å²) in [5.74, 6) is 1.05. The molecule has 8 heteroatoms. The van der Waals surface area contributed by atoms with Crippen molar-refractivity contribution in [3.05, 3.63) is 74.9 Å². The molecule has 0 bridgehead atoms. The van der Waals surface area contributed by atoms with E-state index in [-0.39, 0.29) is 11.6 Å². The van der Waals surface area contributed by atoms with E-state index in [9.17, 15) is 9.59 Å². The van der Waals surface area contributed by atoms with E-state index in [1.54, 1.807) is 30.9 Å². The van der Waals surface area contributed by atoms with Crippen LogP contribution in [0.4, 0.5) is 0 Å². The zero-order valence-electron chi connectivity index (χ0n) is 17.5. The molecular formula is C23H22N2O5S. The number of hydrogen-bond donors (Lipinski definition) is 0. The van der Waals surface area contributed by atoms with Gasteiger partial charge in [0.25, 0.3) is 5.56 Å². The molecule has 2 aromatic heterocycles. The van der Waals surface area contributed by atoms with E-state index in [2.05, 4.69) is 0 Å². The van der Waals surface area contributed by atoms with Gasteiger partial charge in [0.15, 0.2) is 5.16 Å². The lowest BCUT2D eigenvalue weighted by atomic mass is 10.1. The van der Waals surface area contributed by atoms with E-state index in [1.165, 1.54) is 17.8 Å². The molecule has 0 radical (unpaired) electrons. The molecular weight excluding hydrogens is 416 g/mol. The molecule has 4 rings (SSSR count). The number of para-hydroxylation sites is 1. The van der Waals surface area contributed by atoms with Crippen molar-refractivity contribution >= 4 is 33.6 Å². The highest BCUT2D eigenvalue weighted by Gasteiger charge is 2.17. The Balaban J connectivity index is 1.78. The second-order valence-electron chi connectivity index (χ2n) is 7.13. The largest absolute Gasteiger partial charge is 0.497 e. The van der Waals surface area contributed by atoms with E-state index in [0.717, 1.165) is 10.9 Å². The molecule has 1 unspecified atom stereocenters. The number of thioether (sulfide) groups is 1. The molecule has 1 atom stereocenters. The fourth-order valence-electron chi connectivity index (χ4n) is 3.53. The van der Waals surface area contributed by atoms with Crippen LogP contribution in [0.3, 0.4) is 0 Å². The Morgan fingerprint density at radius 1 is 1.10 bits per heavy atom. The first-order chi connectivity index (χ1) is 15.0. The second kappa shape index (κ2) is 8.95. The summed E-state index contributed by atoms with van der Waals surface area (Å²) in [4.78, 5) is 30.0. The summed E-state index contributed by atoms with van der Waals surface area (Å²) in [6.45, 7) is 2.30. The van der Waals surface area contributed by atoms with Gasteiger partial charge in [0.1, 0.15) is 11.3 Å². The topological polar surface area (TPSA) is 83.6 Å². The minimum Gasteiger partial charge on any atom is -0.497 e. The zero-order valence-corrected chi connectivity index (χ0v) is 18.3. The molecule has 0 spiro atoms. The van der Waals surface area contributed by atoms with Gasteiger partial charge in [-0.15, -0.1) is 0 Å². The van der Waals surface area contributed by atoms with Gasteiger partial charge in [0.2, 0.25) is 0 Å². The molecule has 0 amide bonds. The molecule has 2 heterocycles. The van der Waals surface area contributed by atoms with Gasteiger partial charge in [-0.25, -0.2) is 9.78 Å². The first kappa shape index (κ1) is 21.1. The zero-order chi connectivity index (χ0) is 22.0. The highest BCUT2D eigenvalue weighted by molar-refractivity contribution is 7.98. The number of hydrogen-bond acceptors (Lipinski definition) is 7. The van der Waals surface area contributed by atoms with Crippen molar-refractivity contribution in [3.63, 3.8) is 0 Å². The van der Waals surface area contributed by atoms with Gasteiger partial charge in [-0.3, -0.25) is 9.36 Å². The van der Waals surface area contributed by atoms with Crippen molar-refractivity contribution < 1.29 is 13.9 Å². The van der Waals surface area contributed by atoms with Crippen molar-refractivity contribution in [1.82, 2.24) is 9.55 Å². The van der Waals surface area contributed by atoms with Crippen LogP contribution in [-0.4, -0.2) is 30.4 Å². The number of aromatic nitrogens is 2. The van der Waals surface area contributed by atoms with Crippen molar-refractivity contribution in [1.29, 1.82) is 0 Å². The van der Waals surface area contributed by atoms with Crippen LogP contribution in [0.25, 0.3) is 21.9 Å². The number of fused-ring (bicyclic) bond motifs is 2. The van der Waals surface area contributed by atoms with Crippen LogP contribution in [0.5, 0.6) is 5.75 Å². The van der Waals surface area contributed by atoms with Crippen LogP contribution in [0, 0.1) is 0 Å². The molecule has 0 aliphatic rings. The monoisotopic (exact) mass is 438 g/mol. The summed E-state index contributed by atoms with van der Waals surface area (Å²) in [6, 6.07) is 13.9. The number of ether oxygens (including phenoxy) is 2. The average Bonchev–Trinajstić information content (AvgIpc) is 2.77. The summed E-state index contributed by atoms with van der Waals surface area (Å²) in [6.07, 6.45) is 0. The Morgan fingerprint density at radius 2 is 1.90 bits per heavy atom. The van der Waals surface area contributed by atoms with Crippen molar-refractivity contribution in [2.75, 3.05) is 20.8 Å². The van der Waals surface area contributed by atoms with Crippen LogP contribution in [-0.2, 0) is 10.5 Å². The normalized spacial score (nSPS) is 12.4. The van der Waals surface area contributed by atoms with E-state index < -0.39 is 5.63 Å². The summed E-state index contributed by atoms with van der Waals surface area (Å²) < 4.78 is 17.5. The van der Waals surface area contributed by atoms with Gasteiger partial charge < -0.3 is 13.9 Å². The molecule has 0 saturated carbocycles. The van der Waals surface area contributed by atoms with E-state index in [0.29, 0.717) is 39.8 Å². The summed E-state index contributed by atoms with van der Waals surface area (Å²) in [7, 11) is 3.16. The Kier molecular flexibility index (Phi) is 6.11. The highest BCUT2D eigenvalue weighted by atomic mass is 32.2. The second-order valence-corrected chi connectivity index (χ2v) is 8.07. The van der Waals surface area contributed by atoms with Crippen LogP contribution < -0.4 is 15.9 Å². The average molecular weight is 439 g/mol. The molecule has 160 valence electrons. The molecule has 2 aromatic carbocycles. The molecule has 0 aliphatic heterocycles. The molecule has 0 N–H and O–H groups in total. The third-order valence-corrected chi connectivity index (χ3v) is 6.02. The summed E-state index contributed by atoms with van der Waals surface area (Å²) in [5, 5.41) is 1.95. The van der Waals surface area contributed by atoms with Crippen LogP contribution in [0.2, 0.25) is 0 Å². The van der Waals surface area contributed by atoms with Crippen molar-refractivity contribution in [2.45, 2.75) is 23.9 Å². The fourth-order valence-corrected chi connectivity index (χ4v) is 4.62. The maximum absolute atomic E-state index is 13.2. The fraction of sp³-hybridized carbons (Fsp3) is 0.261. The molecule has 7 nitrogen and oxygen atoms in total. The van der Waals surface area contributed by atoms with E-state index in [1.807, 2.05) is 37.3 Å². The minimum absolute atomic E-state index is 0.111. The van der Waals surface area contributed by atoms with Gasteiger partial charge in [-0.1, -0.05) is 23.9 Å². The van der Waals surface area contributed by atoms with Gasteiger partial charge in [0, 0.05) is 30.4 Å². The van der Waals surface area contributed by atoms with Crippen LogP contribution >= 0.6 is 11.8 Å². The number of benzene rings is 2. The summed E-state index contributed by atoms with van der Waals surface area (Å²) >= 11 is 1.40. The van der Waals surface area contributed by atoms with Crippen LogP contribution in [0.1, 0.15) is 18.5 Å². The predicted octanol–water partition coefficient (Wildman–Crippen LogP) is 4.01. The van der Waals surface area contributed by atoms with E-state index in [4.69, 9.17) is 18.9 Å². The Labute approximate surface area is 182 Å². The highest BCUT2D eigenvalue weighted by Crippen LogP contribution is 2.29. The minimum atomic E-state index is -0.437. The van der Waals surface area contributed by atoms with Gasteiger partial charge in [0.05, 0.1) is 30.7 Å². The third kappa shape index (κ3) is 4.22. The number of nitrogens with zero attached hydrogens (tertiary/aromatic N) is 2. The van der Waals surface area contributed by atoms with Gasteiger partial charge >= 0.3 is 5.63 Å². The lowest BCUT2D eigenvalue weighted by Crippen LogP contribution is -2.28. The molecule has 0 aliphatic carbocycles. The quantitative estimate of drug-likeness (QED) is 0.245. The Bertz CT molecular complexity index is 1360. The third-order valence-electron chi connectivity index (χ3n) is 5.02. The lowest BCUT2D eigenvalue weighted by Gasteiger charge is -2.19. The van der Waals surface area contributed by atoms with Crippen LogP contribution in [0.15, 0.2) is 67.7 Å². The molecule has 4 aromatic rings. The standard InChI is InChI=1S/C23H22N2O5S/c1-14(12-28-2)25-22(27)18-6-4-5-7-19(18)24-23(25)31-13-15-10-21(26)30-20-11-16(29-3)8-9-17(15)20/h4-11,14H,12-13H2,1-3H3. The predicted molar refractivity (Wildman–Crippen MR) is 121 cm³/mol. The molecule has 31 heavy (non-hydrogen) atoms. The Morgan fingerprint density at radius 3 is 2.68 bits per heavy atom. The maximum Gasteiger partial charge on any atom is 0.336 e. The first-order valence-electron chi connectivity index (χ1n) is 9.75. The van der Waals surface area contributed by atoms with Gasteiger partial charge in [-0.2, -0.15) is 0 Å². The van der Waals surface area contributed by atoms with E-state index >= 15 is 0 Å². The Hall–Kier alpha value is -3.10. The first-order valence-corrected chi connectivity index (χ1v) is 10.7. The SMILES string of the molecule is COCC(C)n1c(SCc2cc(=O)oc3cc(OC)ccc23)nc2ccccc2c1=O. The summed E-state index contributed by atoms with van der Waals surface area (Å²) in [5.41, 5.74) is 1.34. The van der Waals surface area contributed by atoms with Gasteiger partial charge in [-0.05, 0) is 36.8 Å². The smallest absolute Gasteiger partial charge is 0.336 e. The number of methoxy groups -OCH3 is 2. The molecule has 0 fully saturated rings. The van der Waals surface area contributed by atoms with Crippen molar-refractivity contribution in [3.8, 4) is 5.75 Å². The van der Waals surface area contributed by atoms with Crippen molar-refractivity contribution in [2.24, 2.45) is 0 Å². The molecule has 0 saturated heterocycles. The number of rotatable bonds is 7. The lowest BCUT2D eigenvalue weighted by molar-refractivity contribution is 0.156.